The minimum atomic E-state index is -0.451. The Morgan fingerprint density at radius 3 is 2.70 bits per heavy atom. The van der Waals surface area contributed by atoms with Gasteiger partial charge in [-0.15, -0.1) is 0 Å². The lowest BCUT2D eigenvalue weighted by molar-refractivity contribution is -0.116. The third-order valence-electron chi connectivity index (χ3n) is 4.35. The normalized spacial score (nSPS) is 17.0. The molecule has 3 aromatic carbocycles. The first-order chi connectivity index (χ1) is 11.1. The van der Waals surface area contributed by atoms with Crippen LogP contribution in [0.5, 0.6) is 0 Å². The summed E-state index contributed by atoms with van der Waals surface area (Å²) in [6, 6.07) is 16.7. The second kappa shape index (κ2) is 5.36. The molecule has 0 saturated carbocycles. The van der Waals surface area contributed by atoms with E-state index in [2.05, 4.69) is 5.32 Å². The van der Waals surface area contributed by atoms with Gasteiger partial charge in [0, 0.05) is 17.7 Å². The molecule has 1 amide bonds. The van der Waals surface area contributed by atoms with Crippen LogP contribution in [0.3, 0.4) is 0 Å². The van der Waals surface area contributed by atoms with E-state index in [1.165, 1.54) is 6.07 Å². The quantitative estimate of drug-likeness (QED) is 0.662. The van der Waals surface area contributed by atoms with Gasteiger partial charge < -0.3 is 5.32 Å². The molecule has 1 heterocycles. The highest BCUT2D eigenvalue weighted by Crippen LogP contribution is 2.42. The first-order valence-electron chi connectivity index (χ1n) is 7.40. The Morgan fingerprint density at radius 1 is 1.00 bits per heavy atom. The number of carbonyl (C=O) groups is 1. The third kappa shape index (κ3) is 2.28. The molecular weight excluding hydrogens is 313 g/mol. The fourth-order valence-corrected chi connectivity index (χ4v) is 3.45. The van der Waals surface area contributed by atoms with Gasteiger partial charge in [-0.1, -0.05) is 60.1 Å². The zero-order valence-corrected chi connectivity index (χ0v) is 12.9. The van der Waals surface area contributed by atoms with Crippen LogP contribution in [0.25, 0.3) is 10.8 Å². The molecule has 0 fully saturated rings. The van der Waals surface area contributed by atoms with E-state index in [-0.39, 0.29) is 23.3 Å². The van der Waals surface area contributed by atoms with Crippen LogP contribution in [-0.2, 0) is 4.79 Å². The molecular formula is C19H13ClFNO. The van der Waals surface area contributed by atoms with E-state index in [4.69, 9.17) is 11.6 Å². The second-order valence-corrected chi connectivity index (χ2v) is 6.11. The number of fused-ring (bicyclic) bond motifs is 3. The van der Waals surface area contributed by atoms with Crippen molar-refractivity contribution in [1.82, 2.24) is 0 Å². The first-order valence-corrected chi connectivity index (χ1v) is 7.78. The summed E-state index contributed by atoms with van der Waals surface area (Å²) < 4.78 is 14.5. The Morgan fingerprint density at radius 2 is 1.83 bits per heavy atom. The number of anilines is 1. The van der Waals surface area contributed by atoms with Crippen molar-refractivity contribution in [2.45, 2.75) is 12.3 Å². The Labute approximate surface area is 137 Å². The van der Waals surface area contributed by atoms with E-state index in [1.54, 1.807) is 12.1 Å². The van der Waals surface area contributed by atoms with Gasteiger partial charge in [0.25, 0.3) is 0 Å². The largest absolute Gasteiger partial charge is 0.325 e. The molecule has 1 unspecified atom stereocenters. The first kappa shape index (κ1) is 14.2. The lowest BCUT2D eigenvalue weighted by Gasteiger charge is -2.27. The van der Waals surface area contributed by atoms with E-state index in [9.17, 15) is 9.18 Å². The van der Waals surface area contributed by atoms with Gasteiger partial charge in [0.2, 0.25) is 5.91 Å². The molecule has 0 radical (unpaired) electrons. The van der Waals surface area contributed by atoms with Crippen molar-refractivity contribution in [3.8, 4) is 0 Å². The van der Waals surface area contributed by atoms with E-state index < -0.39 is 5.82 Å². The number of benzene rings is 3. The summed E-state index contributed by atoms with van der Waals surface area (Å²) in [6.45, 7) is 0. The zero-order valence-electron chi connectivity index (χ0n) is 12.1. The summed E-state index contributed by atoms with van der Waals surface area (Å²) in [4.78, 5) is 12.2. The van der Waals surface area contributed by atoms with Gasteiger partial charge in [-0.25, -0.2) is 4.39 Å². The predicted molar refractivity (Wildman–Crippen MR) is 90.4 cm³/mol. The average molecular weight is 326 g/mol. The third-order valence-corrected chi connectivity index (χ3v) is 4.64. The van der Waals surface area contributed by atoms with Crippen molar-refractivity contribution in [3.05, 3.63) is 76.6 Å². The van der Waals surface area contributed by atoms with Crippen molar-refractivity contribution in [2.24, 2.45) is 0 Å². The highest BCUT2D eigenvalue weighted by Gasteiger charge is 2.29. The lowest BCUT2D eigenvalue weighted by Crippen LogP contribution is -2.24. The molecule has 4 rings (SSSR count). The smallest absolute Gasteiger partial charge is 0.225 e. The Balaban J connectivity index is 1.97. The number of nitrogens with one attached hydrogen (secondary N) is 1. The van der Waals surface area contributed by atoms with Crippen LogP contribution in [0.4, 0.5) is 10.1 Å². The topological polar surface area (TPSA) is 29.1 Å². The van der Waals surface area contributed by atoms with Gasteiger partial charge in [0.15, 0.2) is 0 Å². The van der Waals surface area contributed by atoms with Gasteiger partial charge in [-0.05, 0) is 22.6 Å². The second-order valence-electron chi connectivity index (χ2n) is 5.70. The number of halogens is 2. The van der Waals surface area contributed by atoms with Gasteiger partial charge in [0.05, 0.1) is 10.7 Å². The van der Waals surface area contributed by atoms with E-state index in [1.807, 2.05) is 36.4 Å². The fourth-order valence-electron chi connectivity index (χ4n) is 3.27. The predicted octanol–water partition coefficient (Wildman–Crippen LogP) is 5.11. The van der Waals surface area contributed by atoms with Crippen LogP contribution >= 0.6 is 11.6 Å². The summed E-state index contributed by atoms with van der Waals surface area (Å²) in [6.07, 6.45) is 0.211. The lowest BCUT2D eigenvalue weighted by atomic mass is 9.83. The molecule has 2 nitrogen and oxygen atoms in total. The molecule has 0 aromatic heterocycles. The fraction of sp³-hybridized carbons (Fsp3) is 0.105. The zero-order chi connectivity index (χ0) is 16.0. The van der Waals surface area contributed by atoms with Crippen LogP contribution in [0.1, 0.15) is 23.5 Å². The molecule has 4 heteroatoms. The minimum absolute atomic E-state index is 0.0795. The molecule has 0 spiro atoms. The summed E-state index contributed by atoms with van der Waals surface area (Å²) in [7, 11) is 0. The molecule has 1 aliphatic rings. The van der Waals surface area contributed by atoms with Crippen molar-refractivity contribution in [1.29, 1.82) is 0 Å². The number of hydrogen-bond donors (Lipinski definition) is 1. The van der Waals surface area contributed by atoms with Crippen LogP contribution in [0.2, 0.25) is 5.02 Å². The number of amides is 1. The maximum Gasteiger partial charge on any atom is 0.225 e. The maximum absolute atomic E-state index is 14.5. The SMILES string of the molecule is O=C1CC(c2cccc(Cl)c2F)c2ccc3ccccc3c2N1. The van der Waals surface area contributed by atoms with Crippen molar-refractivity contribution < 1.29 is 9.18 Å². The molecule has 1 N–H and O–H groups in total. The summed E-state index contributed by atoms with van der Waals surface area (Å²) >= 11 is 5.92. The Hall–Kier alpha value is -2.39. The van der Waals surface area contributed by atoms with Crippen molar-refractivity contribution >= 4 is 34.0 Å². The molecule has 23 heavy (non-hydrogen) atoms. The maximum atomic E-state index is 14.5. The van der Waals surface area contributed by atoms with E-state index in [0.717, 1.165) is 22.0 Å². The standard InChI is InChI=1S/C19H13ClFNO/c20-16-7-3-6-13(18(16)21)15-10-17(23)22-19-12-5-2-1-4-11(12)8-9-14(15)19/h1-9,15H,10H2,(H,22,23). The van der Waals surface area contributed by atoms with E-state index in [0.29, 0.717) is 5.56 Å². The van der Waals surface area contributed by atoms with Crippen molar-refractivity contribution in [3.63, 3.8) is 0 Å². The highest BCUT2D eigenvalue weighted by molar-refractivity contribution is 6.30. The molecule has 0 saturated heterocycles. The summed E-state index contributed by atoms with van der Waals surface area (Å²) in [5.74, 6) is -0.895. The van der Waals surface area contributed by atoms with Gasteiger partial charge in [0.1, 0.15) is 5.82 Å². The summed E-state index contributed by atoms with van der Waals surface area (Å²) in [5.41, 5.74) is 2.15. The minimum Gasteiger partial charge on any atom is -0.325 e. The monoisotopic (exact) mass is 325 g/mol. The molecule has 3 aromatic rings. The molecule has 114 valence electrons. The van der Waals surface area contributed by atoms with Crippen LogP contribution in [0.15, 0.2) is 54.6 Å². The van der Waals surface area contributed by atoms with Gasteiger partial charge in [-0.2, -0.15) is 0 Å². The molecule has 0 aliphatic carbocycles. The van der Waals surface area contributed by atoms with Crippen LogP contribution in [0, 0.1) is 5.82 Å². The molecule has 0 bridgehead atoms. The van der Waals surface area contributed by atoms with Crippen LogP contribution in [-0.4, -0.2) is 5.91 Å². The van der Waals surface area contributed by atoms with Gasteiger partial charge in [-0.3, -0.25) is 4.79 Å². The molecule has 1 atom stereocenters. The van der Waals surface area contributed by atoms with Crippen molar-refractivity contribution in [2.75, 3.05) is 5.32 Å². The average Bonchev–Trinajstić information content (AvgIpc) is 2.56. The van der Waals surface area contributed by atoms with E-state index >= 15 is 0 Å². The number of rotatable bonds is 1. The summed E-state index contributed by atoms with van der Waals surface area (Å²) in [5, 5.41) is 5.03. The Bertz CT molecular complexity index is 938. The van der Waals surface area contributed by atoms with Crippen LogP contribution < -0.4 is 5.32 Å². The highest BCUT2D eigenvalue weighted by atomic mass is 35.5. The number of carbonyl (C=O) groups excluding carboxylic acids is 1. The van der Waals surface area contributed by atoms with Gasteiger partial charge >= 0.3 is 0 Å². The number of hydrogen-bond acceptors (Lipinski definition) is 1. The molecule has 1 aliphatic heterocycles. The Kier molecular flexibility index (Phi) is 3.31.